The number of aliphatic hydroxyl groups excluding tert-OH is 3. The fourth-order valence-electron chi connectivity index (χ4n) is 3.94. The van der Waals surface area contributed by atoms with Crippen molar-refractivity contribution in [2.75, 3.05) is 11.9 Å². The Labute approximate surface area is 189 Å². The number of nitrogens with one attached hydrogen (secondary N) is 1. The lowest BCUT2D eigenvalue weighted by Gasteiger charge is -2.17. The minimum absolute atomic E-state index is 0.131. The quantitative estimate of drug-likeness (QED) is 0.300. The Bertz CT molecular complexity index is 741. The van der Waals surface area contributed by atoms with Gasteiger partial charge in [-0.2, -0.15) is 4.98 Å². The van der Waals surface area contributed by atoms with Crippen LogP contribution in [0.5, 0.6) is 0 Å². The SMILES string of the molecule is CCCCCCCCCCCCCC(=O)Nc1ccn(C2OC(CO)C(O)C2O)c(=O)n1. The first-order valence-corrected chi connectivity index (χ1v) is 12.0. The molecule has 4 N–H and O–H groups in total. The third kappa shape index (κ3) is 8.27. The molecule has 4 atom stereocenters. The number of rotatable bonds is 15. The molecule has 0 radical (unpaired) electrons. The van der Waals surface area contributed by atoms with Crippen molar-refractivity contribution in [2.24, 2.45) is 0 Å². The van der Waals surface area contributed by atoms with Gasteiger partial charge in [0, 0.05) is 12.6 Å². The highest BCUT2D eigenvalue weighted by molar-refractivity contribution is 5.89. The summed E-state index contributed by atoms with van der Waals surface area (Å²) in [6, 6.07) is 1.44. The number of unbranched alkanes of at least 4 members (excludes halogenated alkanes) is 10. The fraction of sp³-hybridized carbons (Fsp3) is 0.783. The molecule has 0 aliphatic carbocycles. The predicted molar refractivity (Wildman–Crippen MR) is 121 cm³/mol. The number of carbonyl (C=O) groups excluding carboxylic acids is 1. The van der Waals surface area contributed by atoms with Crippen LogP contribution >= 0.6 is 0 Å². The summed E-state index contributed by atoms with van der Waals surface area (Å²) >= 11 is 0. The van der Waals surface area contributed by atoms with Crippen LogP contribution in [0, 0.1) is 0 Å². The summed E-state index contributed by atoms with van der Waals surface area (Å²) in [7, 11) is 0. The minimum atomic E-state index is -1.37. The first-order chi connectivity index (χ1) is 15.5. The molecular formula is C23H39N3O6. The Morgan fingerprint density at radius 1 is 1.03 bits per heavy atom. The molecule has 1 aliphatic rings. The van der Waals surface area contributed by atoms with Gasteiger partial charge < -0.3 is 25.4 Å². The molecule has 9 nitrogen and oxygen atoms in total. The molecule has 9 heteroatoms. The first kappa shape index (κ1) is 26.4. The van der Waals surface area contributed by atoms with Gasteiger partial charge in [-0.3, -0.25) is 9.36 Å². The Balaban J connectivity index is 1.65. The van der Waals surface area contributed by atoms with Crippen molar-refractivity contribution < 1.29 is 24.9 Å². The average Bonchev–Trinajstić information content (AvgIpc) is 3.06. The lowest BCUT2D eigenvalue weighted by molar-refractivity contribution is -0.116. The number of aromatic nitrogens is 2. The van der Waals surface area contributed by atoms with Gasteiger partial charge >= 0.3 is 5.69 Å². The molecule has 1 aromatic rings. The number of aliphatic hydroxyl groups is 3. The van der Waals surface area contributed by atoms with Gasteiger partial charge in [-0.15, -0.1) is 0 Å². The van der Waals surface area contributed by atoms with Crippen LogP contribution in [0.4, 0.5) is 5.82 Å². The van der Waals surface area contributed by atoms with E-state index in [0.29, 0.717) is 6.42 Å². The van der Waals surface area contributed by atoms with Crippen LogP contribution in [0.15, 0.2) is 17.1 Å². The number of hydrogen-bond acceptors (Lipinski definition) is 7. The number of amides is 1. The van der Waals surface area contributed by atoms with Crippen molar-refractivity contribution in [3.63, 3.8) is 0 Å². The van der Waals surface area contributed by atoms with Gasteiger partial charge in [-0.25, -0.2) is 4.79 Å². The van der Waals surface area contributed by atoms with Gasteiger partial charge in [0.1, 0.15) is 24.1 Å². The second-order valence-electron chi connectivity index (χ2n) is 8.57. The normalized spacial score (nSPS) is 22.9. The molecule has 182 valence electrons. The van der Waals surface area contributed by atoms with Crippen LogP contribution in [0.1, 0.15) is 90.2 Å². The third-order valence-corrected chi connectivity index (χ3v) is 5.90. The number of hydrogen-bond donors (Lipinski definition) is 4. The highest BCUT2D eigenvalue weighted by Gasteiger charge is 2.43. The maximum Gasteiger partial charge on any atom is 0.351 e. The fourth-order valence-corrected chi connectivity index (χ4v) is 3.94. The van der Waals surface area contributed by atoms with E-state index in [1.54, 1.807) is 0 Å². The highest BCUT2D eigenvalue weighted by Crippen LogP contribution is 2.28. The van der Waals surface area contributed by atoms with E-state index in [1.165, 1.54) is 63.6 Å². The Morgan fingerprint density at radius 2 is 1.62 bits per heavy atom. The minimum Gasteiger partial charge on any atom is -0.394 e. The number of anilines is 1. The Kier molecular flexibility index (Phi) is 11.9. The molecule has 0 bridgehead atoms. The van der Waals surface area contributed by atoms with Gasteiger partial charge in [0.25, 0.3) is 0 Å². The first-order valence-electron chi connectivity index (χ1n) is 12.0. The van der Waals surface area contributed by atoms with E-state index in [1.807, 2.05) is 0 Å². The third-order valence-electron chi connectivity index (χ3n) is 5.90. The summed E-state index contributed by atoms with van der Waals surface area (Å²) in [5.41, 5.74) is -0.729. The second kappa shape index (κ2) is 14.4. The molecule has 32 heavy (non-hydrogen) atoms. The molecule has 0 saturated carbocycles. The van der Waals surface area contributed by atoms with Gasteiger partial charge in [0.2, 0.25) is 5.91 Å². The smallest absolute Gasteiger partial charge is 0.351 e. The molecule has 1 saturated heterocycles. The molecule has 0 aromatic carbocycles. The van der Waals surface area contributed by atoms with Crippen LogP contribution in [0.3, 0.4) is 0 Å². The molecule has 1 amide bonds. The monoisotopic (exact) mass is 453 g/mol. The van der Waals surface area contributed by atoms with E-state index in [-0.39, 0.29) is 11.7 Å². The van der Waals surface area contributed by atoms with Crippen molar-refractivity contribution >= 4 is 11.7 Å². The van der Waals surface area contributed by atoms with Gasteiger partial charge in [0.15, 0.2) is 6.23 Å². The topological polar surface area (TPSA) is 134 Å². The second-order valence-corrected chi connectivity index (χ2v) is 8.57. The Hall–Kier alpha value is -1.81. The molecule has 2 rings (SSSR count). The van der Waals surface area contributed by atoms with E-state index in [4.69, 9.17) is 9.84 Å². The lowest BCUT2D eigenvalue weighted by Crippen LogP contribution is -2.36. The van der Waals surface area contributed by atoms with E-state index < -0.39 is 36.8 Å². The Morgan fingerprint density at radius 3 is 2.16 bits per heavy atom. The van der Waals surface area contributed by atoms with Crippen LogP contribution in [0.25, 0.3) is 0 Å². The van der Waals surface area contributed by atoms with Crippen molar-refractivity contribution in [1.29, 1.82) is 0 Å². The van der Waals surface area contributed by atoms with E-state index >= 15 is 0 Å². The summed E-state index contributed by atoms with van der Waals surface area (Å²) < 4.78 is 6.36. The molecule has 1 aliphatic heterocycles. The van der Waals surface area contributed by atoms with Crippen LogP contribution in [0.2, 0.25) is 0 Å². The molecule has 4 unspecified atom stereocenters. The zero-order valence-corrected chi connectivity index (χ0v) is 19.1. The maximum absolute atomic E-state index is 12.3. The summed E-state index contributed by atoms with van der Waals surface area (Å²) in [6.07, 6.45) is 10.2. The van der Waals surface area contributed by atoms with Gasteiger partial charge in [-0.1, -0.05) is 71.1 Å². The predicted octanol–water partition coefficient (Wildman–Crippen LogP) is 2.49. The standard InChI is InChI=1S/C23H39N3O6/c1-2-3-4-5-6-7-8-9-10-11-12-13-19(28)24-18-14-15-26(23(31)25-18)22-21(30)20(29)17(16-27)32-22/h14-15,17,20-22,27,29-30H,2-13,16H2,1H3,(H,24,25,28,31). The zero-order valence-electron chi connectivity index (χ0n) is 19.1. The molecule has 1 aromatic heterocycles. The van der Waals surface area contributed by atoms with Crippen LogP contribution in [-0.2, 0) is 9.53 Å². The number of ether oxygens (including phenoxy) is 1. The van der Waals surface area contributed by atoms with Crippen molar-refractivity contribution in [1.82, 2.24) is 9.55 Å². The average molecular weight is 454 g/mol. The molecule has 2 heterocycles. The summed E-state index contributed by atoms with van der Waals surface area (Å²) in [5, 5.41) is 31.7. The van der Waals surface area contributed by atoms with Gasteiger partial charge in [-0.05, 0) is 12.5 Å². The number of carbonyl (C=O) groups is 1. The van der Waals surface area contributed by atoms with Crippen LogP contribution < -0.4 is 11.0 Å². The van der Waals surface area contributed by atoms with Crippen LogP contribution in [-0.4, -0.2) is 55.7 Å². The van der Waals surface area contributed by atoms with E-state index in [9.17, 15) is 19.8 Å². The number of nitrogens with zero attached hydrogens (tertiary/aromatic N) is 2. The highest BCUT2D eigenvalue weighted by atomic mass is 16.6. The molecular weight excluding hydrogens is 414 g/mol. The maximum atomic E-state index is 12.3. The lowest BCUT2D eigenvalue weighted by atomic mass is 10.1. The summed E-state index contributed by atoms with van der Waals surface area (Å²) in [6.45, 7) is 1.75. The van der Waals surface area contributed by atoms with E-state index in [0.717, 1.165) is 23.8 Å². The summed E-state index contributed by atoms with van der Waals surface area (Å²) in [5.74, 6) is -0.0652. The van der Waals surface area contributed by atoms with Gasteiger partial charge in [0.05, 0.1) is 6.61 Å². The largest absolute Gasteiger partial charge is 0.394 e. The van der Waals surface area contributed by atoms with Crippen molar-refractivity contribution in [3.05, 3.63) is 22.7 Å². The molecule has 1 fully saturated rings. The summed E-state index contributed by atoms with van der Waals surface area (Å²) in [4.78, 5) is 28.2. The van der Waals surface area contributed by atoms with Crippen molar-refractivity contribution in [2.45, 2.75) is 109 Å². The van der Waals surface area contributed by atoms with Crippen molar-refractivity contribution in [3.8, 4) is 0 Å². The zero-order chi connectivity index (χ0) is 23.3. The van der Waals surface area contributed by atoms with E-state index in [2.05, 4.69) is 17.2 Å². The molecule has 0 spiro atoms.